The van der Waals surface area contributed by atoms with Crippen molar-refractivity contribution in [3.8, 4) is 11.5 Å². The molecule has 2 unspecified atom stereocenters. The quantitative estimate of drug-likeness (QED) is 0.635. The van der Waals surface area contributed by atoms with Crippen molar-refractivity contribution in [1.82, 2.24) is 15.2 Å². The molecule has 1 aliphatic heterocycles. The lowest BCUT2D eigenvalue weighted by molar-refractivity contribution is 0.0594. The van der Waals surface area contributed by atoms with Crippen LogP contribution in [0.2, 0.25) is 0 Å². The molecule has 3 rings (SSSR count). The summed E-state index contributed by atoms with van der Waals surface area (Å²) < 4.78 is 13.6. The predicted molar refractivity (Wildman–Crippen MR) is 79.0 cm³/mol. The molecule has 2 atom stereocenters. The summed E-state index contributed by atoms with van der Waals surface area (Å²) in [6.45, 7) is 0.497. The van der Waals surface area contributed by atoms with Crippen molar-refractivity contribution in [2.75, 3.05) is 6.61 Å². The van der Waals surface area contributed by atoms with Crippen LogP contribution in [0.25, 0.3) is 0 Å². The van der Waals surface area contributed by atoms with Gasteiger partial charge in [0.2, 0.25) is 0 Å². The molecule has 3 N–H and O–H groups in total. The lowest BCUT2D eigenvalue weighted by Crippen LogP contribution is -2.50. The summed E-state index contributed by atoms with van der Waals surface area (Å²) in [5, 5.41) is 4.17. The van der Waals surface area contributed by atoms with Crippen LogP contribution < -0.4 is 20.7 Å². The number of rotatable bonds is 5. The van der Waals surface area contributed by atoms with E-state index in [4.69, 9.17) is 15.3 Å². The summed E-state index contributed by atoms with van der Waals surface area (Å²) in [5.74, 6) is 7.25. The van der Waals surface area contributed by atoms with Gasteiger partial charge >= 0.3 is 0 Å². The molecule has 0 radical (unpaired) electrons. The van der Waals surface area contributed by atoms with Gasteiger partial charge in [0, 0.05) is 18.9 Å². The number of nitrogens with one attached hydrogen (secondary N) is 1. The third-order valence-electron chi connectivity index (χ3n) is 3.83. The number of hydrogen-bond donors (Lipinski definition) is 2. The number of aromatic nitrogens is 2. The molecule has 2 heterocycles. The fourth-order valence-corrected chi connectivity index (χ4v) is 2.56. The molecule has 2 aromatic rings. The van der Waals surface area contributed by atoms with Crippen molar-refractivity contribution in [3.05, 3.63) is 42.2 Å². The van der Waals surface area contributed by atoms with Crippen LogP contribution in [0.15, 0.2) is 36.5 Å². The van der Waals surface area contributed by atoms with E-state index in [0.29, 0.717) is 6.61 Å². The molecule has 0 bridgehead atoms. The van der Waals surface area contributed by atoms with Crippen LogP contribution in [-0.2, 0) is 13.5 Å². The zero-order valence-electron chi connectivity index (χ0n) is 12.0. The zero-order valence-corrected chi connectivity index (χ0v) is 12.0. The number of hydrazine groups is 1. The van der Waals surface area contributed by atoms with E-state index in [1.807, 2.05) is 42.1 Å². The minimum absolute atomic E-state index is 0.0215. The summed E-state index contributed by atoms with van der Waals surface area (Å²) >= 11 is 0. The minimum Gasteiger partial charge on any atom is -0.486 e. The highest BCUT2D eigenvalue weighted by molar-refractivity contribution is 5.40. The fraction of sp³-hybridized carbons (Fsp3) is 0.400. The number of benzene rings is 1. The molecular weight excluding hydrogens is 268 g/mol. The average Bonchev–Trinajstić information content (AvgIpc) is 2.93. The molecule has 1 aromatic heterocycles. The Bertz CT molecular complexity index is 599. The van der Waals surface area contributed by atoms with Gasteiger partial charge in [-0.25, -0.2) is 0 Å². The lowest BCUT2D eigenvalue weighted by Gasteiger charge is -2.31. The minimum atomic E-state index is -0.0990. The first-order valence-electron chi connectivity index (χ1n) is 7.09. The second kappa shape index (κ2) is 6.15. The molecule has 1 aromatic carbocycles. The summed E-state index contributed by atoms with van der Waals surface area (Å²) in [6, 6.07) is 9.73. The van der Waals surface area contributed by atoms with E-state index in [0.717, 1.165) is 24.3 Å². The number of para-hydroxylation sites is 2. The molecule has 112 valence electrons. The van der Waals surface area contributed by atoms with Crippen molar-refractivity contribution in [1.29, 1.82) is 0 Å². The first-order chi connectivity index (χ1) is 10.3. The number of ether oxygens (including phenoxy) is 2. The maximum atomic E-state index is 6.00. The smallest absolute Gasteiger partial charge is 0.161 e. The van der Waals surface area contributed by atoms with Crippen LogP contribution in [-0.4, -0.2) is 28.5 Å². The number of nitrogens with two attached hydrogens (primary N) is 1. The van der Waals surface area contributed by atoms with Crippen LogP contribution in [0.1, 0.15) is 12.1 Å². The summed E-state index contributed by atoms with van der Waals surface area (Å²) in [4.78, 5) is 0. The molecule has 1 aliphatic rings. The Morgan fingerprint density at radius 1 is 1.38 bits per heavy atom. The van der Waals surface area contributed by atoms with Gasteiger partial charge in [0.25, 0.3) is 0 Å². The van der Waals surface area contributed by atoms with E-state index < -0.39 is 0 Å². The number of hydrogen-bond acceptors (Lipinski definition) is 5. The zero-order chi connectivity index (χ0) is 14.7. The molecule has 0 saturated heterocycles. The first-order valence-corrected chi connectivity index (χ1v) is 7.09. The van der Waals surface area contributed by atoms with Gasteiger partial charge in [-0.15, -0.1) is 0 Å². The third-order valence-corrected chi connectivity index (χ3v) is 3.83. The Balaban J connectivity index is 1.63. The topological polar surface area (TPSA) is 74.3 Å². The van der Waals surface area contributed by atoms with Crippen molar-refractivity contribution < 1.29 is 9.47 Å². The molecule has 0 aliphatic carbocycles. The van der Waals surface area contributed by atoms with Crippen LogP contribution in [0, 0.1) is 0 Å². The van der Waals surface area contributed by atoms with E-state index in [1.165, 1.54) is 5.69 Å². The molecule has 6 heteroatoms. The molecular formula is C15H20N4O2. The van der Waals surface area contributed by atoms with Crippen LogP contribution in [0.3, 0.4) is 0 Å². The highest BCUT2D eigenvalue weighted by Gasteiger charge is 2.28. The van der Waals surface area contributed by atoms with Gasteiger partial charge < -0.3 is 9.47 Å². The van der Waals surface area contributed by atoms with E-state index in [1.54, 1.807) is 6.20 Å². The second-order valence-electron chi connectivity index (χ2n) is 5.17. The molecule has 0 spiro atoms. The Hall–Kier alpha value is -2.05. The third kappa shape index (κ3) is 3.01. The molecule has 6 nitrogen and oxygen atoms in total. The summed E-state index contributed by atoms with van der Waals surface area (Å²) in [5.41, 5.74) is 4.02. The van der Waals surface area contributed by atoms with Gasteiger partial charge in [0.05, 0.1) is 6.04 Å². The molecule has 21 heavy (non-hydrogen) atoms. The van der Waals surface area contributed by atoms with Crippen molar-refractivity contribution >= 4 is 0 Å². The van der Waals surface area contributed by atoms with Crippen LogP contribution >= 0.6 is 0 Å². The number of fused-ring (bicyclic) bond motifs is 1. The second-order valence-corrected chi connectivity index (χ2v) is 5.17. The molecule has 0 saturated carbocycles. The molecule has 0 amide bonds. The van der Waals surface area contributed by atoms with E-state index in [2.05, 4.69) is 10.5 Å². The highest BCUT2D eigenvalue weighted by Crippen LogP contribution is 2.31. The maximum absolute atomic E-state index is 6.00. The van der Waals surface area contributed by atoms with Gasteiger partial charge in [-0.3, -0.25) is 16.0 Å². The normalized spacial score (nSPS) is 18.5. The van der Waals surface area contributed by atoms with Crippen molar-refractivity contribution in [3.63, 3.8) is 0 Å². The largest absolute Gasteiger partial charge is 0.486 e. The van der Waals surface area contributed by atoms with Crippen molar-refractivity contribution in [2.45, 2.75) is 25.0 Å². The molecule has 0 fully saturated rings. The van der Waals surface area contributed by atoms with Crippen molar-refractivity contribution in [2.24, 2.45) is 12.9 Å². The maximum Gasteiger partial charge on any atom is 0.161 e. The average molecular weight is 288 g/mol. The standard InChI is InChI=1S/C15H20N4O2/c1-19-11(8-9-17-19)6-7-12(18-16)15-10-20-13-4-2-3-5-14(13)21-15/h2-5,8-9,12,15,18H,6-7,10,16H2,1H3. The first kappa shape index (κ1) is 13.9. The van der Waals surface area contributed by atoms with E-state index in [-0.39, 0.29) is 12.1 Å². The number of aryl methyl sites for hydroxylation is 2. The Kier molecular flexibility index (Phi) is 4.08. The lowest BCUT2D eigenvalue weighted by atomic mass is 10.0. The van der Waals surface area contributed by atoms with Gasteiger partial charge in [0.1, 0.15) is 12.7 Å². The highest BCUT2D eigenvalue weighted by atomic mass is 16.6. The van der Waals surface area contributed by atoms with E-state index >= 15 is 0 Å². The van der Waals surface area contributed by atoms with Gasteiger partial charge in [-0.05, 0) is 31.0 Å². The van der Waals surface area contributed by atoms with Crippen LogP contribution in [0.5, 0.6) is 11.5 Å². The predicted octanol–water partition coefficient (Wildman–Crippen LogP) is 1.02. The van der Waals surface area contributed by atoms with Gasteiger partial charge in [0.15, 0.2) is 11.5 Å². The Labute approximate surface area is 123 Å². The Morgan fingerprint density at radius 2 is 2.19 bits per heavy atom. The Morgan fingerprint density at radius 3 is 2.90 bits per heavy atom. The van der Waals surface area contributed by atoms with E-state index in [9.17, 15) is 0 Å². The monoisotopic (exact) mass is 288 g/mol. The fourth-order valence-electron chi connectivity index (χ4n) is 2.56. The number of nitrogens with zero attached hydrogens (tertiary/aromatic N) is 2. The summed E-state index contributed by atoms with van der Waals surface area (Å²) in [6.07, 6.45) is 3.44. The van der Waals surface area contributed by atoms with Crippen LogP contribution in [0.4, 0.5) is 0 Å². The van der Waals surface area contributed by atoms with Gasteiger partial charge in [-0.1, -0.05) is 12.1 Å². The van der Waals surface area contributed by atoms with Gasteiger partial charge in [-0.2, -0.15) is 5.10 Å². The summed E-state index contributed by atoms with van der Waals surface area (Å²) in [7, 11) is 1.94. The SMILES string of the molecule is Cn1nccc1CCC(NN)C1COc2ccccc2O1.